The lowest BCUT2D eigenvalue weighted by atomic mass is 9.75. The molecular formula is C16H25N. The van der Waals surface area contributed by atoms with Crippen LogP contribution in [0.5, 0.6) is 0 Å². The van der Waals surface area contributed by atoms with Crippen LogP contribution in [-0.4, -0.2) is 6.54 Å². The van der Waals surface area contributed by atoms with Gasteiger partial charge in [0, 0.05) is 12.6 Å². The normalized spacial score (nSPS) is 21.1. The second-order valence-corrected chi connectivity index (χ2v) is 5.88. The molecule has 0 aromatic heterocycles. The lowest BCUT2D eigenvalue weighted by Crippen LogP contribution is -2.34. The molecule has 1 aromatic rings. The first-order valence-electron chi connectivity index (χ1n) is 6.98. The van der Waals surface area contributed by atoms with Crippen LogP contribution in [0.25, 0.3) is 0 Å². The monoisotopic (exact) mass is 231 g/mol. The fraction of sp³-hybridized carbons (Fsp3) is 0.625. The Bertz CT molecular complexity index is 325. The van der Waals surface area contributed by atoms with Crippen LogP contribution in [0.4, 0.5) is 0 Å². The molecule has 17 heavy (non-hydrogen) atoms. The van der Waals surface area contributed by atoms with Gasteiger partial charge in [-0.15, -0.1) is 0 Å². The summed E-state index contributed by atoms with van der Waals surface area (Å²) in [6.07, 6.45) is 7.04. The largest absolute Gasteiger partial charge is 0.310 e. The van der Waals surface area contributed by atoms with E-state index in [2.05, 4.69) is 49.5 Å². The average Bonchev–Trinajstić information content (AvgIpc) is 2.38. The molecule has 1 atom stereocenters. The van der Waals surface area contributed by atoms with Gasteiger partial charge in [-0.1, -0.05) is 56.5 Å². The summed E-state index contributed by atoms with van der Waals surface area (Å²) in [5.41, 5.74) is 1.92. The molecule has 1 fully saturated rings. The minimum atomic E-state index is 0.468. The maximum atomic E-state index is 3.71. The quantitative estimate of drug-likeness (QED) is 0.814. The zero-order chi connectivity index (χ0) is 12.1. The van der Waals surface area contributed by atoms with Crippen LogP contribution < -0.4 is 5.32 Å². The van der Waals surface area contributed by atoms with E-state index in [1.165, 1.54) is 37.7 Å². The number of hydrogen-bond acceptors (Lipinski definition) is 1. The number of rotatable bonds is 4. The summed E-state index contributed by atoms with van der Waals surface area (Å²) < 4.78 is 0. The number of hydrogen-bond donors (Lipinski definition) is 1. The summed E-state index contributed by atoms with van der Waals surface area (Å²) >= 11 is 0. The first kappa shape index (κ1) is 12.6. The Hall–Kier alpha value is -0.820. The van der Waals surface area contributed by atoms with Crippen molar-refractivity contribution < 1.29 is 0 Å². The molecule has 0 radical (unpaired) electrons. The Labute approximate surface area is 106 Å². The number of nitrogens with one attached hydrogen (secondary N) is 1. The predicted molar refractivity (Wildman–Crippen MR) is 74.1 cm³/mol. The molecule has 0 spiro atoms. The van der Waals surface area contributed by atoms with E-state index < -0.39 is 0 Å². The smallest absolute Gasteiger partial charge is 0.0292 e. The lowest BCUT2D eigenvalue weighted by Gasteiger charge is -2.35. The molecule has 1 aliphatic rings. The van der Waals surface area contributed by atoms with Crippen molar-refractivity contribution in [3.05, 3.63) is 35.9 Å². The highest BCUT2D eigenvalue weighted by molar-refractivity contribution is 5.18. The molecule has 94 valence electrons. The van der Waals surface area contributed by atoms with Gasteiger partial charge < -0.3 is 5.32 Å². The van der Waals surface area contributed by atoms with E-state index in [9.17, 15) is 0 Å². The summed E-state index contributed by atoms with van der Waals surface area (Å²) in [5.74, 6) is 0. The van der Waals surface area contributed by atoms with Crippen molar-refractivity contribution in [3.8, 4) is 0 Å². The van der Waals surface area contributed by atoms with Crippen molar-refractivity contribution in [1.29, 1.82) is 0 Å². The summed E-state index contributed by atoms with van der Waals surface area (Å²) in [6, 6.07) is 11.2. The average molecular weight is 231 g/mol. The Morgan fingerprint density at radius 1 is 1.12 bits per heavy atom. The van der Waals surface area contributed by atoms with Gasteiger partial charge in [-0.25, -0.2) is 0 Å². The second kappa shape index (κ2) is 5.68. The van der Waals surface area contributed by atoms with Gasteiger partial charge in [0.25, 0.3) is 0 Å². The molecule has 1 aliphatic carbocycles. The molecule has 1 N–H and O–H groups in total. The van der Waals surface area contributed by atoms with E-state index in [0.29, 0.717) is 11.5 Å². The molecule has 1 unspecified atom stereocenters. The van der Waals surface area contributed by atoms with Gasteiger partial charge in [0.1, 0.15) is 0 Å². The molecule has 1 heteroatoms. The van der Waals surface area contributed by atoms with Crippen LogP contribution in [0, 0.1) is 5.41 Å². The molecule has 0 heterocycles. The van der Waals surface area contributed by atoms with Crippen molar-refractivity contribution in [3.63, 3.8) is 0 Å². The highest BCUT2D eigenvalue weighted by Crippen LogP contribution is 2.35. The van der Waals surface area contributed by atoms with Crippen molar-refractivity contribution in [2.24, 2.45) is 5.41 Å². The molecule has 0 amide bonds. The van der Waals surface area contributed by atoms with Crippen molar-refractivity contribution in [1.82, 2.24) is 5.32 Å². The van der Waals surface area contributed by atoms with E-state index in [1.807, 2.05) is 0 Å². The van der Waals surface area contributed by atoms with Gasteiger partial charge in [-0.05, 0) is 30.7 Å². The Morgan fingerprint density at radius 2 is 1.76 bits per heavy atom. The summed E-state index contributed by atoms with van der Waals surface area (Å²) in [6.45, 7) is 5.86. The van der Waals surface area contributed by atoms with Crippen LogP contribution in [0.1, 0.15) is 57.6 Å². The third-order valence-electron chi connectivity index (χ3n) is 4.20. The molecule has 2 rings (SSSR count). The standard InChI is InChI=1S/C16H25N/c1-14(15-9-5-3-6-10-15)17-13-16(2)11-7-4-8-12-16/h3,5-6,9-10,14,17H,4,7-8,11-13H2,1-2H3. The van der Waals surface area contributed by atoms with Crippen LogP contribution in [0.15, 0.2) is 30.3 Å². The Kier molecular flexibility index (Phi) is 4.22. The Balaban J connectivity index is 1.85. The summed E-state index contributed by atoms with van der Waals surface area (Å²) in [5, 5.41) is 3.71. The van der Waals surface area contributed by atoms with Crippen LogP contribution >= 0.6 is 0 Å². The minimum absolute atomic E-state index is 0.468. The number of benzene rings is 1. The maximum Gasteiger partial charge on any atom is 0.0292 e. The van der Waals surface area contributed by atoms with Crippen LogP contribution in [-0.2, 0) is 0 Å². The van der Waals surface area contributed by atoms with E-state index >= 15 is 0 Å². The third-order valence-corrected chi connectivity index (χ3v) is 4.20. The highest BCUT2D eigenvalue weighted by Gasteiger charge is 2.26. The van der Waals surface area contributed by atoms with Gasteiger partial charge in [0.05, 0.1) is 0 Å². The SMILES string of the molecule is CC(NCC1(C)CCCCC1)c1ccccc1. The molecule has 0 aliphatic heterocycles. The molecule has 0 saturated heterocycles. The van der Waals surface area contributed by atoms with Crippen LogP contribution in [0.3, 0.4) is 0 Å². The third kappa shape index (κ3) is 3.57. The molecule has 1 aromatic carbocycles. The highest BCUT2D eigenvalue weighted by atomic mass is 14.9. The van der Waals surface area contributed by atoms with Crippen molar-refractivity contribution in [2.75, 3.05) is 6.54 Å². The fourth-order valence-corrected chi connectivity index (χ4v) is 2.84. The maximum absolute atomic E-state index is 3.71. The van der Waals surface area contributed by atoms with E-state index in [-0.39, 0.29) is 0 Å². The predicted octanol–water partition coefficient (Wildman–Crippen LogP) is 4.31. The topological polar surface area (TPSA) is 12.0 Å². The Morgan fingerprint density at radius 3 is 2.41 bits per heavy atom. The molecular weight excluding hydrogens is 206 g/mol. The molecule has 1 nitrogen and oxygen atoms in total. The molecule has 1 saturated carbocycles. The zero-order valence-electron chi connectivity index (χ0n) is 11.2. The van der Waals surface area contributed by atoms with Gasteiger partial charge in [0.2, 0.25) is 0 Å². The first-order valence-corrected chi connectivity index (χ1v) is 6.98. The van der Waals surface area contributed by atoms with Crippen LogP contribution in [0.2, 0.25) is 0 Å². The van der Waals surface area contributed by atoms with Crippen molar-refractivity contribution >= 4 is 0 Å². The minimum Gasteiger partial charge on any atom is -0.310 e. The van der Waals surface area contributed by atoms with Gasteiger partial charge in [-0.2, -0.15) is 0 Å². The molecule has 0 bridgehead atoms. The van der Waals surface area contributed by atoms with Gasteiger partial charge in [-0.3, -0.25) is 0 Å². The van der Waals surface area contributed by atoms with E-state index in [4.69, 9.17) is 0 Å². The first-order chi connectivity index (χ1) is 8.20. The van der Waals surface area contributed by atoms with E-state index in [1.54, 1.807) is 0 Å². The second-order valence-electron chi connectivity index (χ2n) is 5.88. The van der Waals surface area contributed by atoms with Gasteiger partial charge in [0.15, 0.2) is 0 Å². The summed E-state index contributed by atoms with van der Waals surface area (Å²) in [4.78, 5) is 0. The fourth-order valence-electron chi connectivity index (χ4n) is 2.84. The summed E-state index contributed by atoms with van der Waals surface area (Å²) in [7, 11) is 0. The zero-order valence-corrected chi connectivity index (χ0v) is 11.2. The van der Waals surface area contributed by atoms with E-state index in [0.717, 1.165) is 6.54 Å². The van der Waals surface area contributed by atoms with Crippen molar-refractivity contribution in [2.45, 2.75) is 52.0 Å². The lowest BCUT2D eigenvalue weighted by molar-refractivity contribution is 0.202. The van der Waals surface area contributed by atoms with Gasteiger partial charge >= 0.3 is 0 Å².